The fraction of sp³-hybridized carbons (Fsp3) is 0.294. The van der Waals surface area contributed by atoms with Crippen molar-refractivity contribution >= 4 is 16.9 Å². The van der Waals surface area contributed by atoms with Gasteiger partial charge in [0.15, 0.2) is 0 Å². The Balaban J connectivity index is 1.66. The first kappa shape index (κ1) is 12.4. The van der Waals surface area contributed by atoms with Crippen LogP contribution >= 0.6 is 0 Å². The lowest BCUT2D eigenvalue weighted by Gasteiger charge is -2.51. The SMILES string of the molecule is CCC1(c2ccccc2)CN(c2ncnc3[nH]ccc23)C1. The molecule has 0 atom stereocenters. The van der Waals surface area contributed by atoms with Crippen LogP contribution in [0.1, 0.15) is 18.9 Å². The molecule has 3 heterocycles. The zero-order valence-electron chi connectivity index (χ0n) is 12.1. The van der Waals surface area contributed by atoms with Crippen LogP contribution in [0.4, 0.5) is 5.82 Å². The van der Waals surface area contributed by atoms with Crippen molar-refractivity contribution in [3.8, 4) is 0 Å². The quantitative estimate of drug-likeness (QED) is 0.800. The molecule has 4 heteroatoms. The van der Waals surface area contributed by atoms with E-state index in [0.717, 1.165) is 36.4 Å². The average molecular weight is 278 g/mol. The number of benzene rings is 1. The minimum absolute atomic E-state index is 0.259. The highest BCUT2D eigenvalue weighted by molar-refractivity contribution is 5.87. The Kier molecular flexibility index (Phi) is 2.70. The maximum absolute atomic E-state index is 4.49. The molecule has 0 bridgehead atoms. The van der Waals surface area contributed by atoms with Crippen LogP contribution in [0.2, 0.25) is 0 Å². The maximum atomic E-state index is 4.49. The summed E-state index contributed by atoms with van der Waals surface area (Å²) in [4.78, 5) is 14.3. The van der Waals surface area contributed by atoms with E-state index in [0.29, 0.717) is 0 Å². The van der Waals surface area contributed by atoms with Gasteiger partial charge in [0.05, 0.1) is 5.39 Å². The van der Waals surface area contributed by atoms with Gasteiger partial charge in [-0.25, -0.2) is 9.97 Å². The number of hydrogen-bond donors (Lipinski definition) is 1. The highest BCUT2D eigenvalue weighted by atomic mass is 15.3. The number of anilines is 1. The lowest BCUT2D eigenvalue weighted by atomic mass is 9.71. The molecular weight excluding hydrogens is 260 g/mol. The first-order valence-electron chi connectivity index (χ1n) is 7.41. The Bertz CT molecular complexity index is 757. The fourth-order valence-corrected chi connectivity index (χ4v) is 3.35. The molecule has 0 saturated carbocycles. The molecule has 0 aliphatic carbocycles. The number of hydrogen-bond acceptors (Lipinski definition) is 3. The van der Waals surface area contributed by atoms with Gasteiger partial charge in [-0.3, -0.25) is 0 Å². The largest absolute Gasteiger partial charge is 0.354 e. The van der Waals surface area contributed by atoms with Crippen molar-refractivity contribution in [1.29, 1.82) is 0 Å². The van der Waals surface area contributed by atoms with Gasteiger partial charge in [-0.1, -0.05) is 37.3 Å². The smallest absolute Gasteiger partial charge is 0.142 e. The molecule has 0 amide bonds. The van der Waals surface area contributed by atoms with Crippen LogP contribution in [-0.2, 0) is 5.41 Å². The summed E-state index contributed by atoms with van der Waals surface area (Å²) < 4.78 is 0. The monoisotopic (exact) mass is 278 g/mol. The number of aromatic nitrogens is 3. The number of nitrogens with one attached hydrogen (secondary N) is 1. The molecule has 0 radical (unpaired) electrons. The Morgan fingerprint density at radius 1 is 1.14 bits per heavy atom. The summed E-state index contributed by atoms with van der Waals surface area (Å²) in [7, 11) is 0. The molecule has 106 valence electrons. The van der Waals surface area contributed by atoms with E-state index in [1.165, 1.54) is 5.56 Å². The van der Waals surface area contributed by atoms with E-state index in [1.807, 2.05) is 6.20 Å². The minimum Gasteiger partial charge on any atom is -0.354 e. The first-order chi connectivity index (χ1) is 10.3. The molecule has 1 aliphatic heterocycles. The molecule has 2 aromatic heterocycles. The predicted molar refractivity (Wildman–Crippen MR) is 84.5 cm³/mol. The van der Waals surface area contributed by atoms with Gasteiger partial charge < -0.3 is 9.88 Å². The summed E-state index contributed by atoms with van der Waals surface area (Å²) in [6.07, 6.45) is 4.71. The second kappa shape index (κ2) is 4.58. The maximum Gasteiger partial charge on any atom is 0.142 e. The van der Waals surface area contributed by atoms with Crippen LogP contribution in [0.25, 0.3) is 11.0 Å². The second-order valence-corrected chi connectivity index (χ2v) is 5.79. The highest BCUT2D eigenvalue weighted by Crippen LogP contribution is 2.40. The van der Waals surface area contributed by atoms with Gasteiger partial charge in [0.1, 0.15) is 17.8 Å². The average Bonchev–Trinajstić information content (AvgIpc) is 2.97. The number of H-pyrrole nitrogens is 1. The zero-order chi connectivity index (χ0) is 14.3. The van der Waals surface area contributed by atoms with Gasteiger partial charge in [0.2, 0.25) is 0 Å². The van der Waals surface area contributed by atoms with E-state index in [2.05, 4.69) is 63.2 Å². The molecular formula is C17H18N4. The first-order valence-corrected chi connectivity index (χ1v) is 7.41. The number of rotatable bonds is 3. The number of fused-ring (bicyclic) bond motifs is 1. The molecule has 0 unspecified atom stereocenters. The molecule has 4 nitrogen and oxygen atoms in total. The summed E-state index contributed by atoms with van der Waals surface area (Å²) in [6, 6.07) is 12.9. The van der Waals surface area contributed by atoms with E-state index >= 15 is 0 Å². The molecule has 1 N–H and O–H groups in total. The molecule has 1 saturated heterocycles. The van der Waals surface area contributed by atoms with Crippen molar-refractivity contribution in [2.24, 2.45) is 0 Å². The van der Waals surface area contributed by atoms with E-state index < -0.39 is 0 Å². The molecule has 1 aliphatic rings. The molecule has 1 fully saturated rings. The normalized spacial score (nSPS) is 16.9. The van der Waals surface area contributed by atoms with Crippen molar-refractivity contribution in [3.63, 3.8) is 0 Å². The second-order valence-electron chi connectivity index (χ2n) is 5.79. The van der Waals surface area contributed by atoms with Gasteiger partial charge in [-0.15, -0.1) is 0 Å². The predicted octanol–water partition coefficient (Wildman–Crippen LogP) is 3.13. The molecule has 4 rings (SSSR count). The molecule has 3 aromatic rings. The van der Waals surface area contributed by atoms with Crippen LogP contribution in [0.5, 0.6) is 0 Å². The van der Waals surface area contributed by atoms with Crippen LogP contribution in [0.15, 0.2) is 48.9 Å². The molecule has 1 aromatic carbocycles. The number of aromatic amines is 1. The summed E-state index contributed by atoms with van der Waals surface area (Å²) in [5, 5.41) is 1.11. The van der Waals surface area contributed by atoms with Crippen LogP contribution < -0.4 is 4.90 Å². The summed E-state index contributed by atoms with van der Waals surface area (Å²) in [5.41, 5.74) is 2.60. The summed E-state index contributed by atoms with van der Waals surface area (Å²) >= 11 is 0. The van der Waals surface area contributed by atoms with Gasteiger partial charge in [-0.2, -0.15) is 0 Å². The van der Waals surface area contributed by atoms with Crippen LogP contribution in [-0.4, -0.2) is 28.0 Å². The van der Waals surface area contributed by atoms with E-state index in [4.69, 9.17) is 0 Å². The summed E-state index contributed by atoms with van der Waals surface area (Å²) in [6.45, 7) is 4.31. The van der Waals surface area contributed by atoms with Crippen molar-refractivity contribution in [3.05, 3.63) is 54.5 Å². The van der Waals surface area contributed by atoms with Crippen molar-refractivity contribution < 1.29 is 0 Å². The topological polar surface area (TPSA) is 44.8 Å². The van der Waals surface area contributed by atoms with Crippen molar-refractivity contribution in [2.45, 2.75) is 18.8 Å². The van der Waals surface area contributed by atoms with Gasteiger partial charge in [0, 0.05) is 24.7 Å². The third-order valence-electron chi connectivity index (χ3n) is 4.68. The van der Waals surface area contributed by atoms with Gasteiger partial charge >= 0.3 is 0 Å². The highest BCUT2D eigenvalue weighted by Gasteiger charge is 2.43. The zero-order valence-corrected chi connectivity index (χ0v) is 12.1. The van der Waals surface area contributed by atoms with Crippen LogP contribution in [0.3, 0.4) is 0 Å². The third kappa shape index (κ3) is 1.82. The van der Waals surface area contributed by atoms with E-state index in [1.54, 1.807) is 6.33 Å². The molecule has 0 spiro atoms. The fourth-order valence-electron chi connectivity index (χ4n) is 3.35. The Morgan fingerprint density at radius 2 is 1.95 bits per heavy atom. The summed E-state index contributed by atoms with van der Waals surface area (Å²) in [5.74, 6) is 1.04. The Morgan fingerprint density at radius 3 is 2.71 bits per heavy atom. The van der Waals surface area contributed by atoms with Crippen LogP contribution in [0, 0.1) is 0 Å². The third-order valence-corrected chi connectivity index (χ3v) is 4.68. The standard InChI is InChI=1S/C17H18N4/c1-2-17(13-6-4-3-5-7-13)10-21(11-17)16-14-8-9-18-15(14)19-12-20-16/h3-9,12H,2,10-11H2,1H3,(H,18,19,20). The van der Waals surface area contributed by atoms with Gasteiger partial charge in [-0.05, 0) is 18.1 Å². The molecule has 21 heavy (non-hydrogen) atoms. The Hall–Kier alpha value is -2.36. The Labute approximate surface area is 123 Å². The van der Waals surface area contributed by atoms with E-state index in [9.17, 15) is 0 Å². The lowest BCUT2D eigenvalue weighted by molar-refractivity contribution is 0.317. The number of nitrogens with zero attached hydrogens (tertiary/aromatic N) is 3. The van der Waals surface area contributed by atoms with Crippen molar-refractivity contribution in [2.75, 3.05) is 18.0 Å². The van der Waals surface area contributed by atoms with Crippen molar-refractivity contribution in [1.82, 2.24) is 15.0 Å². The lowest BCUT2D eigenvalue weighted by Crippen LogP contribution is -2.59. The van der Waals surface area contributed by atoms with Gasteiger partial charge in [0.25, 0.3) is 0 Å². The van der Waals surface area contributed by atoms with E-state index in [-0.39, 0.29) is 5.41 Å². The minimum atomic E-state index is 0.259.